The lowest BCUT2D eigenvalue weighted by molar-refractivity contribution is -0.130. The second-order valence-electron chi connectivity index (χ2n) is 9.67. The zero-order valence-electron chi connectivity index (χ0n) is 19.6. The Morgan fingerprint density at radius 2 is 1.71 bits per heavy atom. The fourth-order valence-corrected chi connectivity index (χ4v) is 4.29. The van der Waals surface area contributed by atoms with Gasteiger partial charge in [-0.3, -0.25) is 9.69 Å². The maximum Gasteiger partial charge on any atom is 0.225 e. The van der Waals surface area contributed by atoms with Gasteiger partial charge in [-0.25, -0.2) is 0 Å². The molecule has 1 fully saturated rings. The zero-order valence-corrected chi connectivity index (χ0v) is 19.6. The third-order valence-electron chi connectivity index (χ3n) is 6.20. The molecule has 0 aromatic heterocycles. The average molecular weight is 423 g/mol. The van der Waals surface area contributed by atoms with Crippen molar-refractivity contribution in [3.05, 3.63) is 65.2 Å². The molecule has 0 radical (unpaired) electrons. The first-order chi connectivity index (χ1) is 14.8. The summed E-state index contributed by atoms with van der Waals surface area (Å²) in [5, 5.41) is 3.31. The van der Waals surface area contributed by atoms with Crippen molar-refractivity contribution in [1.29, 1.82) is 0 Å². The molecule has 168 valence electrons. The first-order valence-electron chi connectivity index (χ1n) is 11.6. The van der Waals surface area contributed by atoms with E-state index in [0.29, 0.717) is 6.61 Å². The summed E-state index contributed by atoms with van der Waals surface area (Å²) in [5.41, 5.74) is 3.40. The number of amides is 1. The molecule has 1 amide bonds. The van der Waals surface area contributed by atoms with E-state index in [4.69, 9.17) is 4.74 Å². The van der Waals surface area contributed by atoms with Crippen molar-refractivity contribution in [1.82, 2.24) is 10.2 Å². The van der Waals surface area contributed by atoms with Crippen LogP contribution in [0.3, 0.4) is 0 Å². The van der Waals surface area contributed by atoms with Crippen molar-refractivity contribution >= 4 is 5.91 Å². The van der Waals surface area contributed by atoms with Crippen LogP contribution >= 0.6 is 0 Å². The number of nitrogens with zero attached hydrogens (tertiary/aromatic N) is 1. The summed E-state index contributed by atoms with van der Waals surface area (Å²) in [4.78, 5) is 15.4. The van der Waals surface area contributed by atoms with E-state index >= 15 is 0 Å². The van der Waals surface area contributed by atoms with Gasteiger partial charge in [0.05, 0.1) is 6.61 Å². The standard InChI is InChI=1S/C27H38N2O2/c1-21-17-22(2)19-25(18-21)31-16-8-13-27(3,4)26(30)28-24-11-14-29(15-12-24)20-23-9-6-5-7-10-23/h5-7,9-10,17-19,24H,8,11-16,20H2,1-4H3,(H,28,30). The second kappa shape index (κ2) is 10.8. The molecule has 1 saturated heterocycles. The van der Waals surface area contributed by atoms with E-state index in [9.17, 15) is 4.79 Å². The van der Waals surface area contributed by atoms with Crippen molar-refractivity contribution in [3.63, 3.8) is 0 Å². The van der Waals surface area contributed by atoms with Gasteiger partial charge in [0, 0.05) is 31.1 Å². The summed E-state index contributed by atoms with van der Waals surface area (Å²) in [6, 6.07) is 17.2. The van der Waals surface area contributed by atoms with E-state index in [2.05, 4.69) is 72.6 Å². The highest BCUT2D eigenvalue weighted by Gasteiger charge is 2.30. The van der Waals surface area contributed by atoms with Gasteiger partial charge in [0.25, 0.3) is 0 Å². The molecule has 2 aromatic rings. The van der Waals surface area contributed by atoms with E-state index in [1.54, 1.807) is 0 Å². The van der Waals surface area contributed by atoms with Gasteiger partial charge in [-0.1, -0.05) is 50.2 Å². The Bertz CT molecular complexity index is 819. The Morgan fingerprint density at radius 3 is 2.35 bits per heavy atom. The molecule has 1 N–H and O–H groups in total. The number of hydrogen-bond acceptors (Lipinski definition) is 3. The monoisotopic (exact) mass is 422 g/mol. The van der Waals surface area contributed by atoms with Gasteiger partial charge in [0.2, 0.25) is 5.91 Å². The Balaban J connectivity index is 1.37. The van der Waals surface area contributed by atoms with Gasteiger partial charge in [0.1, 0.15) is 5.75 Å². The van der Waals surface area contributed by atoms with E-state index in [1.807, 2.05) is 13.8 Å². The molecule has 3 rings (SSSR count). The topological polar surface area (TPSA) is 41.6 Å². The molecule has 1 aliphatic rings. The molecule has 1 aliphatic heterocycles. The number of nitrogens with one attached hydrogen (secondary N) is 1. The number of ether oxygens (including phenoxy) is 1. The summed E-state index contributed by atoms with van der Waals surface area (Å²) in [7, 11) is 0. The van der Waals surface area contributed by atoms with Crippen LogP contribution in [0.15, 0.2) is 48.5 Å². The predicted molar refractivity (Wildman–Crippen MR) is 127 cm³/mol. The summed E-state index contributed by atoms with van der Waals surface area (Å²) < 4.78 is 5.92. The Morgan fingerprint density at radius 1 is 1.06 bits per heavy atom. The molecule has 0 unspecified atom stereocenters. The van der Waals surface area contributed by atoms with Gasteiger partial charge >= 0.3 is 0 Å². The van der Waals surface area contributed by atoms with Crippen molar-refractivity contribution in [2.24, 2.45) is 5.41 Å². The number of carbonyl (C=O) groups excluding carboxylic acids is 1. The molecular formula is C27H38N2O2. The largest absolute Gasteiger partial charge is 0.494 e. The zero-order chi connectivity index (χ0) is 22.3. The second-order valence-corrected chi connectivity index (χ2v) is 9.67. The molecule has 4 heteroatoms. The van der Waals surface area contributed by atoms with Crippen LogP contribution in [0.4, 0.5) is 0 Å². The molecule has 4 nitrogen and oxygen atoms in total. The molecular weight excluding hydrogens is 384 g/mol. The van der Waals surface area contributed by atoms with Crippen molar-refractivity contribution < 1.29 is 9.53 Å². The molecule has 0 saturated carbocycles. The quantitative estimate of drug-likeness (QED) is 0.560. The molecule has 0 aliphatic carbocycles. The third-order valence-corrected chi connectivity index (χ3v) is 6.20. The maximum absolute atomic E-state index is 12.9. The first-order valence-corrected chi connectivity index (χ1v) is 11.6. The molecule has 0 bridgehead atoms. The molecule has 2 aromatic carbocycles. The van der Waals surface area contributed by atoms with Gasteiger partial charge in [-0.2, -0.15) is 0 Å². The Labute approximate surface area is 188 Å². The van der Waals surface area contributed by atoms with Crippen LogP contribution in [0.25, 0.3) is 0 Å². The predicted octanol–water partition coefficient (Wildman–Crippen LogP) is 5.27. The minimum atomic E-state index is -0.382. The maximum atomic E-state index is 12.9. The Kier molecular flexibility index (Phi) is 8.14. The van der Waals surface area contributed by atoms with E-state index < -0.39 is 0 Å². The summed E-state index contributed by atoms with van der Waals surface area (Å²) in [6.07, 6.45) is 3.72. The van der Waals surface area contributed by atoms with Gasteiger partial charge in [-0.15, -0.1) is 0 Å². The number of rotatable bonds is 9. The van der Waals surface area contributed by atoms with Crippen LogP contribution in [0.5, 0.6) is 5.75 Å². The normalized spacial score (nSPS) is 15.6. The van der Waals surface area contributed by atoms with Crippen LogP contribution in [0.2, 0.25) is 0 Å². The molecule has 0 spiro atoms. The number of benzene rings is 2. The highest BCUT2D eigenvalue weighted by molar-refractivity contribution is 5.82. The fraction of sp³-hybridized carbons (Fsp3) is 0.519. The van der Waals surface area contributed by atoms with Crippen molar-refractivity contribution in [2.75, 3.05) is 19.7 Å². The molecule has 31 heavy (non-hydrogen) atoms. The molecule has 1 heterocycles. The average Bonchev–Trinajstić information content (AvgIpc) is 2.73. The van der Waals surface area contributed by atoms with Crippen molar-refractivity contribution in [2.45, 2.75) is 66.0 Å². The summed E-state index contributed by atoms with van der Waals surface area (Å²) in [6.45, 7) is 11.9. The highest BCUT2D eigenvalue weighted by atomic mass is 16.5. The summed E-state index contributed by atoms with van der Waals surface area (Å²) >= 11 is 0. The molecule has 0 atom stereocenters. The highest BCUT2D eigenvalue weighted by Crippen LogP contribution is 2.25. The lowest BCUT2D eigenvalue weighted by atomic mass is 9.86. The van der Waals surface area contributed by atoms with Crippen LogP contribution in [-0.2, 0) is 11.3 Å². The number of carbonyl (C=O) groups is 1. The van der Waals surface area contributed by atoms with E-state index in [1.165, 1.54) is 16.7 Å². The number of piperidine rings is 1. The first kappa shape index (κ1) is 23.3. The van der Waals surface area contributed by atoms with Gasteiger partial charge in [-0.05, 0) is 68.4 Å². The van der Waals surface area contributed by atoms with Gasteiger partial charge < -0.3 is 10.1 Å². The number of hydrogen-bond donors (Lipinski definition) is 1. The SMILES string of the molecule is Cc1cc(C)cc(OCCCC(C)(C)C(=O)NC2CCN(Cc3ccccc3)CC2)c1. The minimum absolute atomic E-state index is 0.167. The van der Waals surface area contributed by atoms with Crippen LogP contribution < -0.4 is 10.1 Å². The number of likely N-dealkylation sites (tertiary alicyclic amines) is 1. The summed E-state index contributed by atoms with van der Waals surface area (Å²) in [5.74, 6) is 1.09. The van der Waals surface area contributed by atoms with Crippen molar-refractivity contribution in [3.8, 4) is 5.75 Å². The van der Waals surface area contributed by atoms with Gasteiger partial charge in [0.15, 0.2) is 0 Å². The fourth-order valence-electron chi connectivity index (χ4n) is 4.29. The van der Waals surface area contributed by atoms with E-state index in [0.717, 1.165) is 51.1 Å². The third kappa shape index (κ3) is 7.39. The van der Waals surface area contributed by atoms with Crippen LogP contribution in [-0.4, -0.2) is 36.5 Å². The Hall–Kier alpha value is -2.33. The number of aryl methyl sites for hydroxylation is 2. The minimum Gasteiger partial charge on any atom is -0.494 e. The van der Waals surface area contributed by atoms with Crippen LogP contribution in [0.1, 0.15) is 56.2 Å². The smallest absolute Gasteiger partial charge is 0.225 e. The van der Waals surface area contributed by atoms with Crippen LogP contribution in [0, 0.1) is 19.3 Å². The van der Waals surface area contributed by atoms with E-state index in [-0.39, 0.29) is 17.4 Å². The lowest BCUT2D eigenvalue weighted by Crippen LogP contribution is -2.48. The lowest BCUT2D eigenvalue weighted by Gasteiger charge is -2.34.